The summed E-state index contributed by atoms with van der Waals surface area (Å²) in [6, 6.07) is 2.76. The average Bonchev–Trinajstić information content (AvgIpc) is 2.22. The summed E-state index contributed by atoms with van der Waals surface area (Å²) in [5.74, 6) is -4.38. The first-order valence-electron chi connectivity index (χ1n) is 4.99. The Labute approximate surface area is 104 Å². The minimum Gasteiger partial charge on any atom is -0.285 e. The SMILES string of the molecule is CCSc1ccc[n+](O)c1CC(F)(F)C(F)(F)F. The summed E-state index contributed by atoms with van der Waals surface area (Å²) in [5.41, 5.74) is -0.452. The van der Waals surface area contributed by atoms with Gasteiger partial charge in [0.1, 0.15) is 6.42 Å². The summed E-state index contributed by atoms with van der Waals surface area (Å²) in [7, 11) is 0. The first-order chi connectivity index (χ1) is 8.19. The van der Waals surface area contributed by atoms with E-state index in [1.165, 1.54) is 12.1 Å². The van der Waals surface area contributed by atoms with Crippen molar-refractivity contribution in [2.45, 2.75) is 30.3 Å². The van der Waals surface area contributed by atoms with Crippen LogP contribution in [0.25, 0.3) is 0 Å². The Morgan fingerprint density at radius 3 is 2.39 bits per heavy atom. The molecule has 0 atom stereocenters. The summed E-state index contributed by atoms with van der Waals surface area (Å²) >= 11 is 1.09. The van der Waals surface area contributed by atoms with Gasteiger partial charge < -0.3 is 0 Å². The minimum absolute atomic E-state index is 0.200. The van der Waals surface area contributed by atoms with Crippen molar-refractivity contribution in [1.82, 2.24) is 0 Å². The van der Waals surface area contributed by atoms with Crippen LogP contribution in [0.1, 0.15) is 12.6 Å². The van der Waals surface area contributed by atoms with E-state index in [1.807, 2.05) is 0 Å². The third-order valence-corrected chi connectivity index (χ3v) is 3.11. The molecular formula is C10H11F5NOS+. The van der Waals surface area contributed by atoms with Gasteiger partial charge in [-0.1, -0.05) is 6.92 Å². The van der Waals surface area contributed by atoms with Crippen LogP contribution in [0.3, 0.4) is 0 Å². The van der Waals surface area contributed by atoms with Crippen LogP contribution in [-0.4, -0.2) is 23.1 Å². The van der Waals surface area contributed by atoms with Gasteiger partial charge in [0.15, 0.2) is 0 Å². The summed E-state index contributed by atoms with van der Waals surface area (Å²) in [4.78, 5) is 0.200. The highest BCUT2D eigenvalue weighted by Crippen LogP contribution is 2.38. The number of aromatic nitrogens is 1. The second-order valence-electron chi connectivity index (χ2n) is 3.48. The molecule has 0 saturated carbocycles. The maximum atomic E-state index is 13.0. The zero-order valence-electron chi connectivity index (χ0n) is 9.34. The Kier molecular flexibility index (Phi) is 4.41. The van der Waals surface area contributed by atoms with Crippen LogP contribution in [0.15, 0.2) is 23.2 Å². The van der Waals surface area contributed by atoms with Gasteiger partial charge in [-0.15, -0.1) is 11.8 Å². The number of alkyl halides is 5. The molecule has 1 aromatic heterocycles. The highest BCUT2D eigenvalue weighted by Gasteiger charge is 2.59. The molecule has 0 bridgehead atoms. The molecule has 0 aliphatic rings. The molecule has 0 saturated heterocycles. The molecule has 8 heteroatoms. The summed E-state index contributed by atoms with van der Waals surface area (Å²) < 4.78 is 62.6. The average molecular weight is 288 g/mol. The minimum atomic E-state index is -5.63. The van der Waals surface area contributed by atoms with E-state index in [4.69, 9.17) is 0 Å². The fraction of sp³-hybridized carbons (Fsp3) is 0.500. The Morgan fingerprint density at radius 2 is 1.89 bits per heavy atom. The van der Waals surface area contributed by atoms with E-state index in [2.05, 4.69) is 0 Å². The lowest BCUT2D eigenvalue weighted by molar-refractivity contribution is -0.911. The van der Waals surface area contributed by atoms with E-state index in [1.54, 1.807) is 6.92 Å². The lowest BCUT2D eigenvalue weighted by atomic mass is 10.1. The van der Waals surface area contributed by atoms with Crippen LogP contribution in [-0.2, 0) is 6.42 Å². The Bertz CT molecular complexity index is 421. The van der Waals surface area contributed by atoms with Crippen LogP contribution >= 0.6 is 11.8 Å². The van der Waals surface area contributed by atoms with Gasteiger partial charge in [-0.3, -0.25) is 5.21 Å². The van der Waals surface area contributed by atoms with Crippen LogP contribution in [0.5, 0.6) is 0 Å². The smallest absolute Gasteiger partial charge is 0.285 e. The highest BCUT2D eigenvalue weighted by molar-refractivity contribution is 7.99. The quantitative estimate of drug-likeness (QED) is 0.398. The van der Waals surface area contributed by atoms with Crippen molar-refractivity contribution in [3.63, 3.8) is 0 Å². The molecule has 1 heterocycles. The molecule has 0 fully saturated rings. The number of nitrogens with zero attached hydrogens (tertiary/aromatic N) is 1. The van der Waals surface area contributed by atoms with Gasteiger partial charge in [0.2, 0.25) is 6.20 Å². The molecule has 18 heavy (non-hydrogen) atoms. The molecule has 1 rings (SSSR count). The molecule has 0 spiro atoms. The predicted molar refractivity (Wildman–Crippen MR) is 54.9 cm³/mol. The second-order valence-corrected chi connectivity index (χ2v) is 4.78. The maximum Gasteiger partial charge on any atom is 0.453 e. The maximum absolute atomic E-state index is 13.0. The molecular weight excluding hydrogens is 277 g/mol. The molecule has 0 aliphatic carbocycles. The Hall–Kier alpha value is -1.05. The van der Waals surface area contributed by atoms with Crippen molar-refractivity contribution in [3.8, 4) is 0 Å². The predicted octanol–water partition coefficient (Wildman–Crippen LogP) is 3.06. The summed E-state index contributed by atoms with van der Waals surface area (Å²) in [6.45, 7) is 1.73. The molecule has 0 aromatic carbocycles. The molecule has 0 aliphatic heterocycles. The first-order valence-corrected chi connectivity index (χ1v) is 5.97. The van der Waals surface area contributed by atoms with Gasteiger partial charge in [-0.05, 0) is 11.8 Å². The fourth-order valence-corrected chi connectivity index (χ4v) is 2.09. The van der Waals surface area contributed by atoms with Gasteiger partial charge in [0.05, 0.1) is 4.90 Å². The van der Waals surface area contributed by atoms with E-state index in [0.29, 0.717) is 10.5 Å². The third-order valence-electron chi connectivity index (χ3n) is 2.14. The van der Waals surface area contributed by atoms with Crippen molar-refractivity contribution >= 4 is 11.8 Å². The molecule has 2 nitrogen and oxygen atoms in total. The number of halogens is 5. The number of hydrogen-bond acceptors (Lipinski definition) is 2. The van der Waals surface area contributed by atoms with Crippen molar-refractivity contribution in [1.29, 1.82) is 0 Å². The first kappa shape index (κ1) is 15.0. The molecule has 102 valence electrons. The van der Waals surface area contributed by atoms with Gasteiger partial charge in [-0.25, -0.2) is 0 Å². The molecule has 1 N–H and O–H groups in total. The zero-order chi connectivity index (χ0) is 14.0. The number of pyridine rings is 1. The van der Waals surface area contributed by atoms with E-state index in [9.17, 15) is 27.2 Å². The van der Waals surface area contributed by atoms with Gasteiger partial charge >= 0.3 is 12.1 Å². The van der Waals surface area contributed by atoms with Crippen molar-refractivity contribution in [3.05, 3.63) is 24.0 Å². The lowest BCUT2D eigenvalue weighted by Gasteiger charge is -2.18. The van der Waals surface area contributed by atoms with Crippen LogP contribution in [0, 0.1) is 0 Å². The Balaban J connectivity index is 3.10. The fourth-order valence-electron chi connectivity index (χ4n) is 1.28. The van der Waals surface area contributed by atoms with E-state index < -0.39 is 24.2 Å². The van der Waals surface area contributed by atoms with Crippen LogP contribution in [0.4, 0.5) is 22.0 Å². The van der Waals surface area contributed by atoms with Crippen molar-refractivity contribution < 1.29 is 31.9 Å². The van der Waals surface area contributed by atoms with Gasteiger partial charge in [0.25, 0.3) is 5.69 Å². The van der Waals surface area contributed by atoms with Crippen LogP contribution in [0.2, 0.25) is 0 Å². The molecule has 0 radical (unpaired) electrons. The van der Waals surface area contributed by atoms with E-state index in [0.717, 1.165) is 18.0 Å². The van der Waals surface area contributed by atoms with E-state index in [-0.39, 0.29) is 4.90 Å². The lowest BCUT2D eigenvalue weighted by Crippen LogP contribution is -2.44. The number of rotatable bonds is 4. The summed E-state index contributed by atoms with van der Waals surface area (Å²) in [6.07, 6.45) is -6.21. The third kappa shape index (κ3) is 3.24. The van der Waals surface area contributed by atoms with Crippen molar-refractivity contribution in [2.75, 3.05) is 5.75 Å². The topological polar surface area (TPSA) is 24.1 Å². The van der Waals surface area contributed by atoms with Crippen molar-refractivity contribution in [2.24, 2.45) is 0 Å². The Morgan fingerprint density at radius 1 is 1.28 bits per heavy atom. The normalized spacial score (nSPS) is 12.8. The number of thioether (sulfide) groups is 1. The van der Waals surface area contributed by atoms with E-state index >= 15 is 0 Å². The zero-order valence-corrected chi connectivity index (χ0v) is 10.2. The molecule has 0 unspecified atom stereocenters. The standard InChI is InChI=1S/C10H11F5NOS/c1-2-18-8-4-3-5-16(17)7(8)6-9(11,12)10(13,14)15/h3-5,17H,2,6H2,1H3/q+1. The van der Waals surface area contributed by atoms with Gasteiger partial charge in [0, 0.05) is 10.8 Å². The number of hydrogen-bond donors (Lipinski definition) is 1. The summed E-state index contributed by atoms with van der Waals surface area (Å²) in [5, 5.41) is 9.35. The molecule has 0 amide bonds. The second kappa shape index (κ2) is 5.29. The van der Waals surface area contributed by atoms with Crippen LogP contribution < -0.4 is 4.73 Å². The monoisotopic (exact) mass is 288 g/mol. The highest BCUT2D eigenvalue weighted by atomic mass is 32.2. The largest absolute Gasteiger partial charge is 0.453 e. The molecule has 1 aromatic rings. The van der Waals surface area contributed by atoms with Gasteiger partial charge in [-0.2, -0.15) is 22.0 Å².